The molecule has 1 aliphatic heterocycles. The number of rotatable bonds is 1. The first-order valence-electron chi connectivity index (χ1n) is 6.67. The van der Waals surface area contributed by atoms with Crippen molar-refractivity contribution in [2.75, 3.05) is 11.4 Å². The fourth-order valence-corrected chi connectivity index (χ4v) is 2.37. The van der Waals surface area contributed by atoms with Crippen molar-refractivity contribution in [3.05, 3.63) is 24.1 Å². The number of carbonyl (C=O) groups excluding carboxylic acids is 1. The van der Waals surface area contributed by atoms with Crippen LogP contribution in [0.4, 0.5) is 5.69 Å². The van der Waals surface area contributed by atoms with E-state index < -0.39 is 0 Å². The van der Waals surface area contributed by atoms with Crippen molar-refractivity contribution < 1.29 is 9.21 Å². The number of anilines is 1. The van der Waals surface area contributed by atoms with Gasteiger partial charge in [0.25, 0.3) is 0 Å². The quantitative estimate of drug-likeness (QED) is 0.788. The van der Waals surface area contributed by atoms with Gasteiger partial charge in [-0.1, -0.05) is 26.8 Å². The second-order valence-corrected chi connectivity index (χ2v) is 6.04. The minimum Gasteiger partial charge on any atom is -0.438 e. The van der Waals surface area contributed by atoms with E-state index in [1.165, 1.54) is 0 Å². The summed E-state index contributed by atoms with van der Waals surface area (Å²) in [6.45, 7) is 6.97. The van der Waals surface area contributed by atoms with Crippen LogP contribution < -0.4 is 4.90 Å². The van der Waals surface area contributed by atoms with Crippen LogP contribution in [0.3, 0.4) is 0 Å². The standard InChI is InChI=1S/C15H18N2O2/c1-15(2,3)14-16-10-6-4-7-11(13(10)19-14)17-9-5-8-12(17)18/h4,6-7H,5,8-9H2,1-3H3. The van der Waals surface area contributed by atoms with Gasteiger partial charge in [-0.3, -0.25) is 4.79 Å². The van der Waals surface area contributed by atoms with Crippen LogP contribution in [0, 0.1) is 0 Å². The Labute approximate surface area is 112 Å². The van der Waals surface area contributed by atoms with Gasteiger partial charge in [-0.25, -0.2) is 4.98 Å². The lowest BCUT2D eigenvalue weighted by atomic mass is 9.97. The van der Waals surface area contributed by atoms with Gasteiger partial charge in [0.15, 0.2) is 5.58 Å². The van der Waals surface area contributed by atoms with E-state index in [9.17, 15) is 4.79 Å². The molecule has 1 aromatic carbocycles. The van der Waals surface area contributed by atoms with Crippen molar-refractivity contribution >= 4 is 22.7 Å². The highest BCUT2D eigenvalue weighted by Gasteiger charge is 2.27. The molecule has 2 aromatic rings. The predicted molar refractivity (Wildman–Crippen MR) is 74.3 cm³/mol. The molecule has 0 saturated carbocycles. The Bertz CT molecular complexity index is 637. The normalized spacial score (nSPS) is 16.6. The molecule has 2 heterocycles. The van der Waals surface area contributed by atoms with Crippen molar-refractivity contribution in [1.29, 1.82) is 0 Å². The molecule has 1 aromatic heterocycles. The Morgan fingerprint density at radius 2 is 2.11 bits per heavy atom. The third kappa shape index (κ3) is 2.01. The fraction of sp³-hybridized carbons (Fsp3) is 0.467. The molecule has 0 aliphatic carbocycles. The number of hydrogen-bond donors (Lipinski definition) is 0. The molecule has 0 bridgehead atoms. The molecule has 1 amide bonds. The number of aromatic nitrogens is 1. The van der Waals surface area contributed by atoms with Crippen molar-refractivity contribution in [3.63, 3.8) is 0 Å². The third-order valence-corrected chi connectivity index (χ3v) is 3.40. The van der Waals surface area contributed by atoms with E-state index >= 15 is 0 Å². The van der Waals surface area contributed by atoms with Gasteiger partial charge in [0.2, 0.25) is 11.8 Å². The lowest BCUT2D eigenvalue weighted by molar-refractivity contribution is -0.117. The molecule has 3 rings (SSSR count). The molecule has 1 aliphatic rings. The Kier molecular flexibility index (Phi) is 2.62. The third-order valence-electron chi connectivity index (χ3n) is 3.40. The van der Waals surface area contributed by atoms with Gasteiger partial charge in [0, 0.05) is 18.4 Å². The van der Waals surface area contributed by atoms with E-state index in [4.69, 9.17) is 4.42 Å². The van der Waals surface area contributed by atoms with E-state index in [1.807, 2.05) is 18.2 Å². The minimum absolute atomic E-state index is 0.134. The number of benzene rings is 1. The van der Waals surface area contributed by atoms with Gasteiger partial charge < -0.3 is 9.32 Å². The van der Waals surface area contributed by atoms with Crippen LogP contribution in [0.5, 0.6) is 0 Å². The number of amides is 1. The molecule has 4 nitrogen and oxygen atoms in total. The highest BCUT2D eigenvalue weighted by Crippen LogP contribution is 2.33. The van der Waals surface area contributed by atoms with Crippen LogP contribution in [0.2, 0.25) is 0 Å². The first-order valence-corrected chi connectivity index (χ1v) is 6.67. The Hall–Kier alpha value is -1.84. The average molecular weight is 258 g/mol. The van der Waals surface area contributed by atoms with Gasteiger partial charge >= 0.3 is 0 Å². The average Bonchev–Trinajstić information content (AvgIpc) is 2.93. The topological polar surface area (TPSA) is 46.3 Å². The predicted octanol–water partition coefficient (Wildman–Crippen LogP) is 3.25. The Morgan fingerprint density at radius 1 is 1.32 bits per heavy atom. The molecule has 1 saturated heterocycles. The zero-order valence-electron chi connectivity index (χ0n) is 11.6. The first kappa shape index (κ1) is 12.2. The summed E-state index contributed by atoms with van der Waals surface area (Å²) in [5, 5.41) is 0. The number of hydrogen-bond acceptors (Lipinski definition) is 3. The molecular formula is C15H18N2O2. The molecule has 19 heavy (non-hydrogen) atoms. The summed E-state index contributed by atoms with van der Waals surface area (Å²) in [5.41, 5.74) is 2.26. The highest BCUT2D eigenvalue weighted by atomic mass is 16.4. The summed E-state index contributed by atoms with van der Waals surface area (Å²) >= 11 is 0. The summed E-state index contributed by atoms with van der Waals surface area (Å²) in [5.74, 6) is 0.878. The van der Waals surface area contributed by atoms with Crippen LogP contribution in [0.1, 0.15) is 39.5 Å². The maximum atomic E-state index is 11.9. The fourth-order valence-electron chi connectivity index (χ4n) is 2.37. The molecule has 0 radical (unpaired) electrons. The lowest BCUT2D eigenvalue weighted by Crippen LogP contribution is -2.23. The number of oxazole rings is 1. The zero-order valence-corrected chi connectivity index (χ0v) is 11.6. The molecule has 0 unspecified atom stereocenters. The summed E-state index contributed by atoms with van der Waals surface area (Å²) < 4.78 is 5.92. The summed E-state index contributed by atoms with van der Waals surface area (Å²) in [6.07, 6.45) is 1.53. The minimum atomic E-state index is -0.134. The number of fused-ring (bicyclic) bond motifs is 1. The first-order chi connectivity index (χ1) is 8.97. The SMILES string of the molecule is CC(C)(C)c1nc2cccc(N3CCCC3=O)c2o1. The molecule has 4 heteroatoms. The van der Waals surface area contributed by atoms with E-state index in [-0.39, 0.29) is 11.3 Å². The lowest BCUT2D eigenvalue weighted by Gasteiger charge is -2.15. The molecular weight excluding hydrogens is 240 g/mol. The van der Waals surface area contributed by atoms with Gasteiger partial charge in [0.05, 0.1) is 5.69 Å². The molecule has 0 spiro atoms. The van der Waals surface area contributed by atoms with Gasteiger partial charge in [-0.05, 0) is 18.6 Å². The van der Waals surface area contributed by atoms with Crippen LogP contribution in [0.25, 0.3) is 11.1 Å². The van der Waals surface area contributed by atoms with Crippen molar-refractivity contribution in [2.24, 2.45) is 0 Å². The molecule has 0 atom stereocenters. The van der Waals surface area contributed by atoms with E-state index in [1.54, 1.807) is 4.90 Å². The monoisotopic (exact) mass is 258 g/mol. The van der Waals surface area contributed by atoms with Crippen molar-refractivity contribution in [2.45, 2.75) is 39.0 Å². The molecule has 100 valence electrons. The number of nitrogens with zero attached hydrogens (tertiary/aromatic N) is 2. The largest absolute Gasteiger partial charge is 0.438 e. The Balaban J connectivity index is 2.15. The van der Waals surface area contributed by atoms with Crippen LogP contribution in [-0.4, -0.2) is 17.4 Å². The highest BCUT2D eigenvalue weighted by molar-refractivity contribution is 6.01. The van der Waals surface area contributed by atoms with Crippen molar-refractivity contribution in [1.82, 2.24) is 4.98 Å². The van der Waals surface area contributed by atoms with E-state index in [0.717, 1.165) is 29.8 Å². The second-order valence-electron chi connectivity index (χ2n) is 6.04. The zero-order chi connectivity index (χ0) is 13.6. The van der Waals surface area contributed by atoms with Crippen LogP contribution >= 0.6 is 0 Å². The van der Waals surface area contributed by atoms with Gasteiger partial charge in [0.1, 0.15) is 5.52 Å². The van der Waals surface area contributed by atoms with Gasteiger partial charge in [-0.2, -0.15) is 0 Å². The Morgan fingerprint density at radius 3 is 2.74 bits per heavy atom. The van der Waals surface area contributed by atoms with E-state index in [0.29, 0.717) is 12.3 Å². The number of para-hydroxylation sites is 1. The summed E-state index contributed by atoms with van der Waals surface area (Å²) in [7, 11) is 0. The molecule has 1 fully saturated rings. The van der Waals surface area contributed by atoms with E-state index in [2.05, 4.69) is 25.8 Å². The maximum Gasteiger partial charge on any atom is 0.227 e. The summed E-state index contributed by atoms with van der Waals surface area (Å²) in [6, 6.07) is 5.79. The maximum absolute atomic E-state index is 11.9. The smallest absolute Gasteiger partial charge is 0.227 e. The molecule has 0 N–H and O–H groups in total. The summed E-state index contributed by atoms with van der Waals surface area (Å²) in [4.78, 5) is 18.2. The van der Waals surface area contributed by atoms with Crippen LogP contribution in [-0.2, 0) is 10.2 Å². The number of carbonyl (C=O) groups is 1. The van der Waals surface area contributed by atoms with Gasteiger partial charge in [-0.15, -0.1) is 0 Å². The van der Waals surface area contributed by atoms with Crippen molar-refractivity contribution in [3.8, 4) is 0 Å². The van der Waals surface area contributed by atoms with Crippen LogP contribution in [0.15, 0.2) is 22.6 Å². The second kappa shape index (κ2) is 4.08.